The van der Waals surface area contributed by atoms with Crippen molar-refractivity contribution in [2.24, 2.45) is 5.73 Å². The van der Waals surface area contributed by atoms with Crippen LogP contribution in [0, 0.1) is 11.6 Å². The summed E-state index contributed by atoms with van der Waals surface area (Å²) in [5, 5.41) is 0. The first-order chi connectivity index (χ1) is 8.64. The smallest absolute Gasteiger partial charge is 0.402 e. The highest BCUT2D eigenvalue weighted by Crippen LogP contribution is 2.39. The Hall–Kier alpha value is -0.975. The molecule has 0 radical (unpaired) electrons. The molecule has 1 fully saturated rings. The van der Waals surface area contributed by atoms with Gasteiger partial charge in [-0.2, -0.15) is 0 Å². The second kappa shape index (κ2) is 4.54. The van der Waals surface area contributed by atoms with E-state index in [0.717, 1.165) is 12.1 Å². The molecule has 1 aromatic rings. The maximum atomic E-state index is 13.2. The van der Waals surface area contributed by atoms with Crippen LogP contribution in [0.1, 0.15) is 39.2 Å². The van der Waals surface area contributed by atoms with Gasteiger partial charge in [0.1, 0.15) is 0 Å². The Morgan fingerprint density at radius 3 is 2.05 bits per heavy atom. The molecule has 1 heterocycles. The molecule has 1 aliphatic heterocycles. The molecular weight excluding hydrogens is 251 g/mol. The number of benzene rings is 1. The van der Waals surface area contributed by atoms with Crippen LogP contribution in [0.15, 0.2) is 18.2 Å². The Labute approximate surface area is 112 Å². The van der Waals surface area contributed by atoms with Gasteiger partial charge in [-0.25, -0.2) is 8.78 Å². The summed E-state index contributed by atoms with van der Waals surface area (Å²) in [6, 6.07) is 3.56. The molecular formula is C13H18BF2NO2. The van der Waals surface area contributed by atoms with Crippen molar-refractivity contribution in [1.82, 2.24) is 0 Å². The molecule has 104 valence electrons. The highest BCUT2D eigenvalue weighted by atomic mass is 19.2. The van der Waals surface area contributed by atoms with Gasteiger partial charge in [-0.1, -0.05) is 6.07 Å². The first-order valence-corrected chi connectivity index (χ1v) is 6.20. The van der Waals surface area contributed by atoms with Crippen LogP contribution in [0.2, 0.25) is 0 Å². The summed E-state index contributed by atoms with van der Waals surface area (Å²) in [6.45, 7) is 7.63. The first kappa shape index (κ1) is 14.4. The summed E-state index contributed by atoms with van der Waals surface area (Å²) < 4.78 is 37.7. The monoisotopic (exact) mass is 269 g/mol. The van der Waals surface area contributed by atoms with Crippen molar-refractivity contribution in [3.05, 3.63) is 35.4 Å². The van der Waals surface area contributed by atoms with Gasteiger partial charge < -0.3 is 15.0 Å². The zero-order valence-corrected chi connectivity index (χ0v) is 11.5. The standard InChI is InChI=1S/C13H18BF2NO2/c1-12(2)13(3,4)19-14(18-12)11(17)8-5-6-9(15)10(16)7-8/h5-7,11H,17H2,1-4H3/t11-/m0/s1. The van der Waals surface area contributed by atoms with Crippen molar-refractivity contribution in [2.75, 3.05) is 0 Å². The molecule has 0 bridgehead atoms. The van der Waals surface area contributed by atoms with Gasteiger partial charge in [-0.15, -0.1) is 0 Å². The van der Waals surface area contributed by atoms with E-state index in [9.17, 15) is 8.78 Å². The lowest BCUT2D eigenvalue weighted by Gasteiger charge is -2.32. The third kappa shape index (κ3) is 2.52. The van der Waals surface area contributed by atoms with Crippen LogP contribution >= 0.6 is 0 Å². The minimum absolute atomic E-state index is 0.442. The van der Waals surface area contributed by atoms with Gasteiger partial charge in [0, 0.05) is 0 Å². The van der Waals surface area contributed by atoms with Crippen molar-refractivity contribution >= 4 is 7.12 Å². The first-order valence-electron chi connectivity index (χ1n) is 6.20. The van der Waals surface area contributed by atoms with Gasteiger partial charge in [-0.3, -0.25) is 0 Å². The fraction of sp³-hybridized carbons (Fsp3) is 0.538. The van der Waals surface area contributed by atoms with Gasteiger partial charge in [0.05, 0.1) is 17.1 Å². The number of nitrogens with two attached hydrogens (primary N) is 1. The van der Waals surface area contributed by atoms with E-state index in [0.29, 0.717) is 5.56 Å². The van der Waals surface area contributed by atoms with Gasteiger partial charge in [0.15, 0.2) is 11.6 Å². The van der Waals surface area contributed by atoms with Gasteiger partial charge >= 0.3 is 7.12 Å². The van der Waals surface area contributed by atoms with Crippen LogP contribution in [-0.4, -0.2) is 18.3 Å². The highest BCUT2D eigenvalue weighted by Gasteiger charge is 2.53. The summed E-state index contributed by atoms with van der Waals surface area (Å²) in [5.74, 6) is -2.49. The predicted molar refractivity (Wildman–Crippen MR) is 69.4 cm³/mol. The lowest BCUT2D eigenvalue weighted by atomic mass is 9.75. The lowest BCUT2D eigenvalue weighted by Crippen LogP contribution is -2.41. The Kier molecular flexibility index (Phi) is 3.45. The van der Waals surface area contributed by atoms with E-state index in [4.69, 9.17) is 15.0 Å². The van der Waals surface area contributed by atoms with E-state index in [2.05, 4.69) is 0 Å². The molecule has 0 aromatic heterocycles. The van der Waals surface area contributed by atoms with Crippen LogP contribution in [0.25, 0.3) is 0 Å². The molecule has 0 unspecified atom stereocenters. The average Bonchev–Trinajstić information content (AvgIpc) is 2.51. The number of hydrogen-bond donors (Lipinski definition) is 1. The molecule has 1 aliphatic rings. The topological polar surface area (TPSA) is 44.5 Å². The normalized spacial score (nSPS) is 22.6. The SMILES string of the molecule is CC1(C)OB([C@@H](N)c2ccc(F)c(F)c2)OC1(C)C. The maximum absolute atomic E-state index is 13.2. The third-order valence-corrected chi connectivity index (χ3v) is 3.89. The maximum Gasteiger partial charge on any atom is 0.480 e. The fourth-order valence-corrected chi connectivity index (χ4v) is 1.91. The molecule has 0 spiro atoms. The average molecular weight is 269 g/mol. The lowest BCUT2D eigenvalue weighted by molar-refractivity contribution is 0.00578. The van der Waals surface area contributed by atoms with E-state index in [1.54, 1.807) is 0 Å². The van der Waals surface area contributed by atoms with Gasteiger partial charge in [0.2, 0.25) is 0 Å². The summed E-state index contributed by atoms with van der Waals surface area (Å²) in [7, 11) is -0.685. The van der Waals surface area contributed by atoms with Crippen LogP contribution < -0.4 is 5.73 Å². The minimum Gasteiger partial charge on any atom is -0.402 e. The summed E-state index contributed by atoms with van der Waals surface area (Å²) in [4.78, 5) is 0. The number of hydrogen-bond acceptors (Lipinski definition) is 3. The largest absolute Gasteiger partial charge is 0.480 e. The third-order valence-electron chi connectivity index (χ3n) is 3.89. The number of rotatable bonds is 2. The van der Waals surface area contributed by atoms with E-state index in [1.807, 2.05) is 27.7 Å². The van der Waals surface area contributed by atoms with Gasteiger partial charge in [0.25, 0.3) is 0 Å². The van der Waals surface area contributed by atoms with Crippen molar-refractivity contribution in [2.45, 2.75) is 44.8 Å². The summed E-state index contributed by atoms with van der Waals surface area (Å²) >= 11 is 0. The molecule has 1 atom stereocenters. The second-order valence-corrected chi connectivity index (χ2v) is 5.82. The molecule has 0 saturated carbocycles. The van der Waals surface area contributed by atoms with Crippen molar-refractivity contribution < 1.29 is 18.1 Å². The highest BCUT2D eigenvalue weighted by molar-refractivity contribution is 6.47. The Morgan fingerprint density at radius 1 is 1.05 bits per heavy atom. The Balaban J connectivity index is 2.22. The summed E-state index contributed by atoms with van der Waals surface area (Å²) in [6.07, 6.45) is 0. The fourth-order valence-electron chi connectivity index (χ4n) is 1.91. The molecule has 0 amide bonds. The second-order valence-electron chi connectivity index (χ2n) is 5.82. The van der Waals surface area contributed by atoms with Crippen LogP contribution in [0.3, 0.4) is 0 Å². The predicted octanol–water partition coefficient (Wildman–Crippen LogP) is 2.60. The van der Waals surface area contributed by atoms with Crippen molar-refractivity contribution in [3.8, 4) is 0 Å². The molecule has 6 heteroatoms. The zero-order chi connectivity index (χ0) is 14.4. The zero-order valence-electron chi connectivity index (χ0n) is 11.5. The Bertz CT molecular complexity index is 478. The molecule has 2 rings (SSSR count). The van der Waals surface area contributed by atoms with E-state index in [-0.39, 0.29) is 0 Å². The summed E-state index contributed by atoms with van der Waals surface area (Å²) in [5.41, 5.74) is 5.45. The minimum atomic E-state index is -0.926. The van der Waals surface area contributed by atoms with Crippen molar-refractivity contribution in [1.29, 1.82) is 0 Å². The molecule has 19 heavy (non-hydrogen) atoms. The van der Waals surface area contributed by atoms with Crippen LogP contribution in [0.5, 0.6) is 0 Å². The van der Waals surface area contributed by atoms with E-state index < -0.39 is 35.9 Å². The molecule has 3 nitrogen and oxygen atoms in total. The molecule has 1 saturated heterocycles. The van der Waals surface area contributed by atoms with Crippen LogP contribution in [-0.2, 0) is 9.31 Å². The van der Waals surface area contributed by atoms with Gasteiger partial charge in [-0.05, 0) is 45.4 Å². The van der Waals surface area contributed by atoms with E-state index >= 15 is 0 Å². The Morgan fingerprint density at radius 2 is 1.58 bits per heavy atom. The molecule has 0 aliphatic carbocycles. The molecule has 1 aromatic carbocycles. The van der Waals surface area contributed by atoms with Crippen LogP contribution in [0.4, 0.5) is 8.78 Å². The molecule has 2 N–H and O–H groups in total. The quantitative estimate of drug-likeness (QED) is 0.839. The van der Waals surface area contributed by atoms with Crippen molar-refractivity contribution in [3.63, 3.8) is 0 Å². The number of halogens is 2. The van der Waals surface area contributed by atoms with E-state index in [1.165, 1.54) is 6.07 Å².